The molecular weight excluding hydrogens is 256 g/mol. The quantitative estimate of drug-likeness (QED) is 0.829. The van der Waals surface area contributed by atoms with Gasteiger partial charge in [-0.1, -0.05) is 18.2 Å². The molecule has 1 aromatic carbocycles. The fourth-order valence-electron chi connectivity index (χ4n) is 2.47. The lowest BCUT2D eigenvalue weighted by Crippen LogP contribution is -2.36. The first-order valence-corrected chi connectivity index (χ1v) is 6.40. The van der Waals surface area contributed by atoms with Gasteiger partial charge in [0.25, 0.3) is 5.91 Å². The van der Waals surface area contributed by atoms with Crippen molar-refractivity contribution < 1.29 is 15.0 Å². The van der Waals surface area contributed by atoms with Gasteiger partial charge in [-0.3, -0.25) is 9.78 Å². The molecular formula is C15H14N2O3. The van der Waals surface area contributed by atoms with Crippen LogP contribution in [0.4, 0.5) is 5.69 Å². The van der Waals surface area contributed by atoms with Crippen LogP contribution in [0.3, 0.4) is 0 Å². The highest BCUT2D eigenvalue weighted by molar-refractivity contribution is 6.08. The highest BCUT2D eigenvalue weighted by atomic mass is 16.3. The van der Waals surface area contributed by atoms with Gasteiger partial charge in [-0.15, -0.1) is 0 Å². The maximum atomic E-state index is 12.5. The Kier molecular flexibility index (Phi) is 3.12. The number of aliphatic hydroxyl groups is 1. The van der Waals surface area contributed by atoms with Crippen LogP contribution in [-0.2, 0) is 0 Å². The number of amides is 1. The zero-order chi connectivity index (χ0) is 14.1. The van der Waals surface area contributed by atoms with Crippen LogP contribution in [0.15, 0.2) is 42.7 Å². The van der Waals surface area contributed by atoms with Gasteiger partial charge < -0.3 is 15.1 Å². The first-order valence-electron chi connectivity index (χ1n) is 6.40. The molecule has 3 rings (SSSR count). The molecule has 1 amide bonds. The summed E-state index contributed by atoms with van der Waals surface area (Å²) in [6, 6.07) is 8.76. The standard InChI is InChI=1S/C15H14N2O3/c18-13-6-8-17(12-4-2-1-3-10(12)13)15(20)11-5-7-16-9-14(11)19/h1-5,7,9,13,18-19H,6,8H2. The molecule has 2 aromatic rings. The predicted molar refractivity (Wildman–Crippen MR) is 73.6 cm³/mol. The van der Waals surface area contributed by atoms with Crippen LogP contribution in [0, 0.1) is 0 Å². The summed E-state index contributed by atoms with van der Waals surface area (Å²) in [7, 11) is 0. The number of hydrogen-bond donors (Lipinski definition) is 2. The second-order valence-corrected chi connectivity index (χ2v) is 4.71. The maximum absolute atomic E-state index is 12.5. The van der Waals surface area contributed by atoms with Crippen molar-refractivity contribution in [2.75, 3.05) is 11.4 Å². The highest BCUT2D eigenvalue weighted by Gasteiger charge is 2.28. The molecule has 2 heterocycles. The van der Waals surface area contributed by atoms with Crippen molar-refractivity contribution in [1.82, 2.24) is 4.98 Å². The fourth-order valence-corrected chi connectivity index (χ4v) is 2.47. The molecule has 0 spiro atoms. The number of pyridine rings is 1. The van der Waals surface area contributed by atoms with Crippen molar-refractivity contribution in [2.24, 2.45) is 0 Å². The molecule has 1 aliphatic rings. The molecule has 5 nitrogen and oxygen atoms in total. The third kappa shape index (κ3) is 2.02. The molecule has 0 fully saturated rings. The number of carbonyl (C=O) groups excluding carboxylic acids is 1. The molecule has 0 saturated heterocycles. The van der Waals surface area contributed by atoms with Gasteiger partial charge in [0.2, 0.25) is 0 Å². The molecule has 5 heteroatoms. The molecule has 0 radical (unpaired) electrons. The number of anilines is 1. The Balaban J connectivity index is 2.02. The van der Waals surface area contributed by atoms with Crippen LogP contribution in [0.2, 0.25) is 0 Å². The average Bonchev–Trinajstić information content (AvgIpc) is 2.48. The Bertz CT molecular complexity index is 657. The molecule has 1 atom stereocenters. The predicted octanol–water partition coefficient (Wildman–Crippen LogP) is 1.87. The van der Waals surface area contributed by atoms with Gasteiger partial charge in [0.1, 0.15) is 5.75 Å². The summed E-state index contributed by atoms with van der Waals surface area (Å²) in [5, 5.41) is 19.7. The van der Waals surface area contributed by atoms with E-state index in [1.54, 1.807) is 11.0 Å². The van der Waals surface area contributed by atoms with E-state index >= 15 is 0 Å². The molecule has 20 heavy (non-hydrogen) atoms. The molecule has 0 aliphatic carbocycles. The minimum atomic E-state index is -0.554. The van der Waals surface area contributed by atoms with Gasteiger partial charge in [0.15, 0.2) is 0 Å². The van der Waals surface area contributed by atoms with Crippen molar-refractivity contribution in [3.8, 4) is 5.75 Å². The molecule has 1 unspecified atom stereocenters. The minimum Gasteiger partial charge on any atom is -0.505 e. The van der Waals surface area contributed by atoms with E-state index in [1.165, 1.54) is 18.5 Å². The Morgan fingerprint density at radius 3 is 2.90 bits per heavy atom. The van der Waals surface area contributed by atoms with Crippen molar-refractivity contribution in [2.45, 2.75) is 12.5 Å². The third-order valence-electron chi connectivity index (χ3n) is 3.49. The van der Waals surface area contributed by atoms with E-state index in [9.17, 15) is 15.0 Å². The molecule has 102 valence electrons. The molecule has 1 aliphatic heterocycles. The first-order chi connectivity index (χ1) is 9.68. The number of hydrogen-bond acceptors (Lipinski definition) is 4. The monoisotopic (exact) mass is 270 g/mol. The van der Waals surface area contributed by atoms with Crippen LogP contribution in [0.5, 0.6) is 5.75 Å². The lowest BCUT2D eigenvalue weighted by atomic mass is 9.98. The minimum absolute atomic E-state index is 0.138. The zero-order valence-corrected chi connectivity index (χ0v) is 10.7. The molecule has 0 saturated carbocycles. The van der Waals surface area contributed by atoms with Crippen LogP contribution in [0.1, 0.15) is 28.4 Å². The van der Waals surface area contributed by atoms with Gasteiger partial charge in [0.05, 0.1) is 17.9 Å². The zero-order valence-electron chi connectivity index (χ0n) is 10.7. The summed E-state index contributed by atoms with van der Waals surface area (Å²) in [5.41, 5.74) is 1.64. The van der Waals surface area contributed by atoms with Gasteiger partial charge in [-0.05, 0) is 18.6 Å². The topological polar surface area (TPSA) is 73.7 Å². The third-order valence-corrected chi connectivity index (χ3v) is 3.49. The van der Waals surface area contributed by atoms with Gasteiger partial charge in [-0.2, -0.15) is 0 Å². The van der Waals surface area contributed by atoms with Crippen molar-refractivity contribution in [3.63, 3.8) is 0 Å². The Labute approximate surface area is 116 Å². The number of aliphatic hydroxyl groups excluding tert-OH is 1. The maximum Gasteiger partial charge on any atom is 0.262 e. The summed E-state index contributed by atoms with van der Waals surface area (Å²) in [6.07, 6.45) is 2.64. The summed E-state index contributed by atoms with van der Waals surface area (Å²) in [6.45, 7) is 0.415. The number of rotatable bonds is 1. The van der Waals surface area contributed by atoms with E-state index < -0.39 is 6.10 Å². The van der Waals surface area contributed by atoms with Crippen molar-refractivity contribution in [1.29, 1.82) is 0 Å². The van der Waals surface area contributed by atoms with Crippen LogP contribution < -0.4 is 4.90 Å². The smallest absolute Gasteiger partial charge is 0.262 e. The molecule has 2 N–H and O–H groups in total. The number of carbonyl (C=O) groups is 1. The van der Waals surface area contributed by atoms with E-state index in [2.05, 4.69) is 4.98 Å². The van der Waals surface area contributed by atoms with Crippen molar-refractivity contribution in [3.05, 3.63) is 53.9 Å². The Hall–Kier alpha value is -2.40. The van der Waals surface area contributed by atoms with Crippen molar-refractivity contribution >= 4 is 11.6 Å². The first kappa shape index (κ1) is 12.6. The lowest BCUT2D eigenvalue weighted by molar-refractivity contribution is 0.0968. The van der Waals surface area contributed by atoms with Crippen LogP contribution in [-0.4, -0.2) is 27.6 Å². The van der Waals surface area contributed by atoms with Gasteiger partial charge in [-0.25, -0.2) is 0 Å². The number of fused-ring (bicyclic) bond motifs is 1. The Morgan fingerprint density at radius 2 is 2.10 bits per heavy atom. The second-order valence-electron chi connectivity index (χ2n) is 4.71. The molecule has 0 bridgehead atoms. The number of benzene rings is 1. The van der Waals surface area contributed by atoms with E-state index in [0.717, 1.165) is 5.56 Å². The normalized spacial score (nSPS) is 17.6. The number of para-hydroxylation sites is 1. The van der Waals surface area contributed by atoms with Crippen LogP contribution in [0.25, 0.3) is 0 Å². The average molecular weight is 270 g/mol. The number of aromatic nitrogens is 1. The lowest BCUT2D eigenvalue weighted by Gasteiger charge is -2.32. The summed E-state index contributed by atoms with van der Waals surface area (Å²) in [5.74, 6) is -0.426. The van der Waals surface area contributed by atoms with E-state index in [0.29, 0.717) is 18.7 Å². The highest BCUT2D eigenvalue weighted by Crippen LogP contribution is 2.34. The SMILES string of the molecule is O=C(c1ccncc1O)N1CCC(O)c2ccccc21. The molecule has 1 aromatic heterocycles. The number of aromatic hydroxyl groups is 1. The summed E-state index contributed by atoms with van der Waals surface area (Å²) < 4.78 is 0. The fraction of sp³-hybridized carbons (Fsp3) is 0.200. The van der Waals surface area contributed by atoms with E-state index in [-0.39, 0.29) is 17.2 Å². The largest absolute Gasteiger partial charge is 0.505 e. The van der Waals surface area contributed by atoms with Crippen LogP contribution >= 0.6 is 0 Å². The van der Waals surface area contributed by atoms with Gasteiger partial charge in [0, 0.05) is 24.0 Å². The summed E-state index contributed by atoms with van der Waals surface area (Å²) >= 11 is 0. The van der Waals surface area contributed by atoms with Gasteiger partial charge >= 0.3 is 0 Å². The summed E-state index contributed by atoms with van der Waals surface area (Å²) in [4.78, 5) is 17.9. The van der Waals surface area contributed by atoms with E-state index in [4.69, 9.17) is 0 Å². The van der Waals surface area contributed by atoms with E-state index in [1.807, 2.05) is 18.2 Å². The number of nitrogens with zero attached hydrogens (tertiary/aromatic N) is 2. The Morgan fingerprint density at radius 1 is 1.30 bits per heavy atom. The second kappa shape index (κ2) is 4.94.